The van der Waals surface area contributed by atoms with Gasteiger partial charge in [-0.1, -0.05) is 6.07 Å². The summed E-state index contributed by atoms with van der Waals surface area (Å²) in [5, 5.41) is 2.88. The first-order valence-corrected chi connectivity index (χ1v) is 11.3. The Hall–Kier alpha value is -3.88. The van der Waals surface area contributed by atoms with E-state index in [1.165, 1.54) is 0 Å². The topological polar surface area (TPSA) is 101 Å². The van der Waals surface area contributed by atoms with Crippen molar-refractivity contribution in [2.24, 2.45) is 0 Å². The van der Waals surface area contributed by atoms with Crippen LogP contribution >= 0.6 is 0 Å². The molecule has 9 nitrogen and oxygen atoms in total. The summed E-state index contributed by atoms with van der Waals surface area (Å²) in [6.07, 6.45) is 4.40. The quantitative estimate of drug-likeness (QED) is 0.548. The highest BCUT2D eigenvalue weighted by atomic mass is 16.5. The highest BCUT2D eigenvalue weighted by molar-refractivity contribution is 5.85. The lowest BCUT2D eigenvalue weighted by Crippen LogP contribution is -2.42. The van der Waals surface area contributed by atoms with E-state index in [9.17, 15) is 9.59 Å². The molecular formula is C25H29N5O4. The zero-order valence-electron chi connectivity index (χ0n) is 19.5. The van der Waals surface area contributed by atoms with E-state index >= 15 is 0 Å². The van der Waals surface area contributed by atoms with Gasteiger partial charge in [-0.05, 0) is 24.3 Å². The Balaban J connectivity index is 1.34. The first-order chi connectivity index (χ1) is 16.5. The third kappa shape index (κ3) is 5.72. The van der Waals surface area contributed by atoms with E-state index in [4.69, 9.17) is 9.15 Å². The average molecular weight is 464 g/mol. The summed E-state index contributed by atoms with van der Waals surface area (Å²) in [6, 6.07) is 11.6. The molecule has 9 heteroatoms. The second-order valence-electron chi connectivity index (χ2n) is 8.10. The van der Waals surface area contributed by atoms with Crippen LogP contribution in [0, 0.1) is 6.92 Å². The highest BCUT2D eigenvalue weighted by Gasteiger charge is 2.23. The number of rotatable bonds is 8. The number of nitrogens with zero attached hydrogens (tertiary/aromatic N) is 4. The maximum absolute atomic E-state index is 12.7. The number of ether oxygens (including phenoxy) is 1. The molecule has 2 amide bonds. The van der Waals surface area contributed by atoms with Gasteiger partial charge in [0.1, 0.15) is 5.75 Å². The van der Waals surface area contributed by atoms with Crippen LogP contribution in [0.15, 0.2) is 53.2 Å². The molecule has 0 bridgehead atoms. The van der Waals surface area contributed by atoms with Gasteiger partial charge in [0, 0.05) is 69.6 Å². The van der Waals surface area contributed by atoms with Crippen LogP contribution in [0.3, 0.4) is 0 Å². The van der Waals surface area contributed by atoms with Crippen LogP contribution in [-0.2, 0) is 16.0 Å². The Morgan fingerprint density at radius 2 is 2.06 bits per heavy atom. The molecule has 1 aliphatic rings. The molecule has 1 aromatic carbocycles. The average Bonchev–Trinajstić information content (AvgIpc) is 3.20. The lowest BCUT2D eigenvalue weighted by atomic mass is 10.1. The van der Waals surface area contributed by atoms with Crippen molar-refractivity contribution in [3.05, 3.63) is 60.4 Å². The number of hydrogen-bond donors (Lipinski definition) is 1. The summed E-state index contributed by atoms with van der Waals surface area (Å²) >= 11 is 0. The zero-order chi connectivity index (χ0) is 23.9. The Kier molecular flexibility index (Phi) is 7.41. The fraction of sp³-hybridized carbons (Fsp3) is 0.360. The molecule has 3 aromatic rings. The van der Waals surface area contributed by atoms with E-state index in [-0.39, 0.29) is 18.4 Å². The van der Waals surface area contributed by atoms with Crippen molar-refractivity contribution < 1.29 is 18.7 Å². The number of oxazole rings is 1. The number of amides is 2. The van der Waals surface area contributed by atoms with E-state index in [1.54, 1.807) is 31.3 Å². The molecule has 0 saturated carbocycles. The van der Waals surface area contributed by atoms with Crippen molar-refractivity contribution in [2.75, 3.05) is 44.7 Å². The molecule has 178 valence electrons. The minimum Gasteiger partial charge on any atom is -0.496 e. The second kappa shape index (κ2) is 10.8. The van der Waals surface area contributed by atoms with Crippen LogP contribution in [0.4, 0.5) is 5.69 Å². The Morgan fingerprint density at radius 1 is 1.18 bits per heavy atom. The maximum Gasteiger partial charge on any atom is 0.239 e. The van der Waals surface area contributed by atoms with E-state index < -0.39 is 0 Å². The number of methoxy groups -OCH3 is 1. The predicted octanol–water partition coefficient (Wildman–Crippen LogP) is 2.45. The van der Waals surface area contributed by atoms with Crippen molar-refractivity contribution in [1.82, 2.24) is 20.2 Å². The van der Waals surface area contributed by atoms with Crippen LogP contribution in [0.5, 0.6) is 5.75 Å². The molecule has 34 heavy (non-hydrogen) atoms. The molecule has 1 N–H and O–H groups in total. The number of nitrogens with one attached hydrogen (secondary N) is 1. The van der Waals surface area contributed by atoms with Crippen LogP contribution in [0.1, 0.15) is 18.0 Å². The number of carbonyl (C=O) groups excluding carboxylic acids is 2. The van der Waals surface area contributed by atoms with Gasteiger partial charge in [0.25, 0.3) is 0 Å². The lowest BCUT2D eigenvalue weighted by Gasteiger charge is -2.24. The molecule has 0 radical (unpaired) electrons. The molecule has 2 aromatic heterocycles. The molecule has 3 heterocycles. The Labute approximate surface area is 198 Å². The largest absolute Gasteiger partial charge is 0.496 e. The number of anilines is 1. The molecule has 1 aliphatic heterocycles. The van der Waals surface area contributed by atoms with Crippen molar-refractivity contribution in [2.45, 2.75) is 19.8 Å². The molecule has 1 saturated heterocycles. The van der Waals surface area contributed by atoms with Crippen LogP contribution in [-0.4, -0.2) is 66.5 Å². The molecular weight excluding hydrogens is 434 g/mol. The fourth-order valence-corrected chi connectivity index (χ4v) is 3.96. The zero-order valence-corrected chi connectivity index (χ0v) is 19.5. The minimum atomic E-state index is -0.161. The van der Waals surface area contributed by atoms with Gasteiger partial charge in [0.05, 0.1) is 25.4 Å². The van der Waals surface area contributed by atoms with Gasteiger partial charge in [-0.3, -0.25) is 14.6 Å². The molecule has 0 aliphatic carbocycles. The van der Waals surface area contributed by atoms with Gasteiger partial charge >= 0.3 is 0 Å². The summed E-state index contributed by atoms with van der Waals surface area (Å²) < 4.78 is 11.2. The standard InChI is InChI=1S/C25H29N5O4/c1-18-28-16-23(34-18)21-7-6-20(15-22(21)33-2)29-12-9-25(32)30(14-13-29)17-24(31)27-11-8-19-5-3-4-10-26-19/h3-7,10,15-16H,8-9,11-14,17H2,1-2H3,(H,27,31). The molecule has 4 rings (SSSR count). The number of hydrogen-bond acceptors (Lipinski definition) is 7. The molecule has 1 fully saturated rings. The lowest BCUT2D eigenvalue weighted by molar-refractivity contribution is -0.135. The number of pyridine rings is 1. The fourth-order valence-electron chi connectivity index (χ4n) is 3.96. The molecule has 0 atom stereocenters. The Bertz CT molecular complexity index is 1130. The SMILES string of the molecule is COc1cc(N2CCC(=O)N(CC(=O)NCCc3ccccn3)CC2)ccc1-c1cnc(C)o1. The highest BCUT2D eigenvalue weighted by Crippen LogP contribution is 2.34. The van der Waals surface area contributed by atoms with Crippen molar-refractivity contribution in [3.63, 3.8) is 0 Å². The van der Waals surface area contributed by atoms with Gasteiger partial charge in [0.15, 0.2) is 11.7 Å². The van der Waals surface area contributed by atoms with Crippen LogP contribution in [0.25, 0.3) is 11.3 Å². The van der Waals surface area contributed by atoms with Crippen LogP contribution < -0.4 is 15.0 Å². The third-order valence-electron chi connectivity index (χ3n) is 5.79. The van der Waals surface area contributed by atoms with Gasteiger partial charge in [0.2, 0.25) is 11.8 Å². The van der Waals surface area contributed by atoms with Gasteiger partial charge in [-0.15, -0.1) is 0 Å². The summed E-state index contributed by atoms with van der Waals surface area (Å²) in [4.78, 5) is 37.2. The maximum atomic E-state index is 12.7. The normalized spacial score (nSPS) is 14.1. The second-order valence-corrected chi connectivity index (χ2v) is 8.10. The minimum absolute atomic E-state index is 0.0249. The van der Waals surface area contributed by atoms with Crippen molar-refractivity contribution >= 4 is 17.5 Å². The van der Waals surface area contributed by atoms with Crippen molar-refractivity contribution in [1.29, 1.82) is 0 Å². The van der Waals surface area contributed by atoms with E-state index in [0.717, 1.165) is 16.9 Å². The van der Waals surface area contributed by atoms with Gasteiger partial charge < -0.3 is 24.3 Å². The number of carbonyl (C=O) groups is 2. The van der Waals surface area contributed by atoms with Crippen LogP contribution in [0.2, 0.25) is 0 Å². The summed E-state index contributed by atoms with van der Waals surface area (Å²) in [7, 11) is 1.62. The summed E-state index contributed by atoms with van der Waals surface area (Å²) in [5.41, 5.74) is 2.69. The van der Waals surface area contributed by atoms with Crippen molar-refractivity contribution in [3.8, 4) is 17.1 Å². The Morgan fingerprint density at radius 3 is 2.79 bits per heavy atom. The molecule has 0 spiro atoms. The summed E-state index contributed by atoms with van der Waals surface area (Å²) in [5.74, 6) is 1.72. The third-order valence-corrected chi connectivity index (χ3v) is 5.79. The predicted molar refractivity (Wildman–Crippen MR) is 128 cm³/mol. The van der Waals surface area contributed by atoms with E-state index in [2.05, 4.69) is 20.2 Å². The first-order valence-electron chi connectivity index (χ1n) is 11.3. The smallest absolute Gasteiger partial charge is 0.239 e. The van der Waals surface area contributed by atoms with E-state index in [0.29, 0.717) is 56.4 Å². The summed E-state index contributed by atoms with van der Waals surface area (Å²) in [6.45, 7) is 4.00. The number of aromatic nitrogens is 2. The van der Waals surface area contributed by atoms with Gasteiger partial charge in [-0.2, -0.15) is 0 Å². The number of benzene rings is 1. The monoisotopic (exact) mass is 463 g/mol. The molecule has 0 unspecified atom stereocenters. The first kappa shape index (κ1) is 23.3. The van der Waals surface area contributed by atoms with Gasteiger partial charge in [-0.25, -0.2) is 4.98 Å². The van der Waals surface area contributed by atoms with E-state index in [1.807, 2.05) is 36.4 Å². The number of aryl methyl sites for hydroxylation is 1.